The van der Waals surface area contributed by atoms with E-state index >= 15 is 0 Å². The normalized spacial score (nSPS) is 10.8. The highest BCUT2D eigenvalue weighted by atomic mass is 15.2. The summed E-state index contributed by atoms with van der Waals surface area (Å²) in [5.74, 6) is 0.627. The van der Waals surface area contributed by atoms with Crippen molar-refractivity contribution >= 4 is 17.4 Å². The van der Waals surface area contributed by atoms with E-state index in [1.165, 1.54) is 0 Å². The molecular formula is C10H9N7. The van der Waals surface area contributed by atoms with Gasteiger partial charge in [0.15, 0.2) is 5.82 Å². The molecule has 0 saturated heterocycles. The maximum atomic E-state index is 5.54. The topological polar surface area (TPSA) is 108 Å². The second-order valence-corrected chi connectivity index (χ2v) is 3.46. The molecule has 0 atom stereocenters. The Kier molecular flexibility index (Phi) is 1.91. The van der Waals surface area contributed by atoms with Crippen LogP contribution in [0.4, 0.5) is 11.9 Å². The van der Waals surface area contributed by atoms with E-state index < -0.39 is 0 Å². The Morgan fingerprint density at radius 2 is 1.76 bits per heavy atom. The molecule has 0 saturated carbocycles. The Hall–Kier alpha value is -2.70. The highest BCUT2D eigenvalue weighted by molar-refractivity contribution is 5.76. The third kappa shape index (κ3) is 1.53. The molecule has 3 aromatic heterocycles. The molecule has 3 rings (SSSR count). The molecule has 17 heavy (non-hydrogen) atoms. The quantitative estimate of drug-likeness (QED) is 0.621. The van der Waals surface area contributed by atoms with Gasteiger partial charge in [0.2, 0.25) is 11.9 Å². The Morgan fingerprint density at radius 1 is 1.00 bits per heavy atom. The number of hydrogen-bond donors (Lipinski definition) is 2. The highest BCUT2D eigenvalue weighted by Gasteiger charge is 2.10. The number of hydrogen-bond acceptors (Lipinski definition) is 6. The number of pyridine rings is 1. The van der Waals surface area contributed by atoms with Crippen LogP contribution in [0.1, 0.15) is 0 Å². The van der Waals surface area contributed by atoms with Crippen molar-refractivity contribution in [2.45, 2.75) is 0 Å². The van der Waals surface area contributed by atoms with Gasteiger partial charge in [0, 0.05) is 6.20 Å². The molecule has 0 unspecified atom stereocenters. The van der Waals surface area contributed by atoms with E-state index in [9.17, 15) is 0 Å². The molecule has 0 radical (unpaired) electrons. The van der Waals surface area contributed by atoms with Crippen LogP contribution in [0.5, 0.6) is 0 Å². The van der Waals surface area contributed by atoms with Gasteiger partial charge in [0.05, 0.1) is 17.3 Å². The summed E-state index contributed by atoms with van der Waals surface area (Å²) >= 11 is 0. The summed E-state index contributed by atoms with van der Waals surface area (Å²) in [6, 6.07) is 5.72. The lowest BCUT2D eigenvalue weighted by Crippen LogP contribution is -2.04. The molecule has 7 nitrogen and oxygen atoms in total. The second kappa shape index (κ2) is 3.41. The molecule has 0 amide bonds. The van der Waals surface area contributed by atoms with Gasteiger partial charge < -0.3 is 11.5 Å². The minimum Gasteiger partial charge on any atom is -0.368 e. The molecule has 3 aromatic rings. The second-order valence-electron chi connectivity index (χ2n) is 3.46. The summed E-state index contributed by atoms with van der Waals surface area (Å²) in [4.78, 5) is 11.8. The SMILES string of the molecule is Nc1nc(N)nc(-c2cnn3ccccc23)n1. The number of aromatic nitrogens is 5. The van der Waals surface area contributed by atoms with Gasteiger partial charge in [-0.1, -0.05) is 6.07 Å². The molecule has 0 bridgehead atoms. The van der Waals surface area contributed by atoms with Crippen LogP contribution < -0.4 is 11.5 Å². The summed E-state index contributed by atoms with van der Waals surface area (Å²) in [6.07, 6.45) is 3.51. The van der Waals surface area contributed by atoms with Crippen LogP contribution in [0.15, 0.2) is 30.6 Å². The first-order chi connectivity index (χ1) is 8.24. The van der Waals surface area contributed by atoms with Gasteiger partial charge in [0.1, 0.15) is 0 Å². The predicted molar refractivity (Wildman–Crippen MR) is 62.8 cm³/mol. The molecule has 0 fully saturated rings. The summed E-state index contributed by atoms with van der Waals surface area (Å²) in [5, 5.41) is 4.19. The molecule has 0 spiro atoms. The molecule has 4 N–H and O–H groups in total. The van der Waals surface area contributed by atoms with Gasteiger partial charge in [-0.15, -0.1) is 0 Å². The molecule has 0 aromatic carbocycles. The van der Waals surface area contributed by atoms with Crippen molar-refractivity contribution in [2.75, 3.05) is 11.5 Å². The zero-order valence-electron chi connectivity index (χ0n) is 8.78. The van der Waals surface area contributed by atoms with Gasteiger partial charge in [-0.3, -0.25) is 0 Å². The van der Waals surface area contributed by atoms with Crippen molar-refractivity contribution in [3.05, 3.63) is 30.6 Å². The number of nitrogen functional groups attached to an aromatic ring is 2. The summed E-state index contributed by atoms with van der Waals surface area (Å²) < 4.78 is 1.73. The van der Waals surface area contributed by atoms with Crippen molar-refractivity contribution in [1.82, 2.24) is 24.6 Å². The standard InChI is InChI=1S/C10H9N7/c11-9-14-8(15-10(12)16-9)6-5-13-17-4-2-1-3-7(6)17/h1-5H,(H4,11,12,14,15,16). The molecule has 7 heteroatoms. The van der Waals surface area contributed by atoms with E-state index in [0.29, 0.717) is 5.82 Å². The van der Waals surface area contributed by atoms with Crippen molar-refractivity contribution < 1.29 is 0 Å². The summed E-state index contributed by atoms with van der Waals surface area (Å²) in [7, 11) is 0. The average Bonchev–Trinajstić information content (AvgIpc) is 2.71. The first kappa shape index (κ1) is 9.52. The minimum absolute atomic E-state index is 0.0998. The number of rotatable bonds is 1. The van der Waals surface area contributed by atoms with Gasteiger partial charge in [-0.25, -0.2) is 4.52 Å². The van der Waals surface area contributed by atoms with Gasteiger partial charge in [-0.2, -0.15) is 20.1 Å². The molecule has 0 aliphatic heterocycles. The first-order valence-electron chi connectivity index (χ1n) is 4.94. The third-order valence-electron chi connectivity index (χ3n) is 2.34. The Labute approximate surface area is 96.1 Å². The van der Waals surface area contributed by atoms with Crippen molar-refractivity contribution in [2.24, 2.45) is 0 Å². The maximum absolute atomic E-state index is 5.54. The number of fused-ring (bicyclic) bond motifs is 1. The van der Waals surface area contributed by atoms with E-state index in [1.54, 1.807) is 10.7 Å². The van der Waals surface area contributed by atoms with Crippen molar-refractivity contribution in [3.63, 3.8) is 0 Å². The van der Waals surface area contributed by atoms with Crippen LogP contribution >= 0.6 is 0 Å². The van der Waals surface area contributed by atoms with E-state index in [4.69, 9.17) is 11.5 Å². The van der Waals surface area contributed by atoms with E-state index in [0.717, 1.165) is 11.1 Å². The monoisotopic (exact) mass is 227 g/mol. The fourth-order valence-electron chi connectivity index (χ4n) is 1.64. The molecule has 0 aliphatic rings. The first-order valence-corrected chi connectivity index (χ1v) is 4.94. The highest BCUT2D eigenvalue weighted by Crippen LogP contribution is 2.21. The molecule has 3 heterocycles. The van der Waals surface area contributed by atoms with Gasteiger partial charge in [0.25, 0.3) is 0 Å². The Bertz CT molecular complexity index is 668. The fourth-order valence-corrected chi connectivity index (χ4v) is 1.64. The van der Waals surface area contributed by atoms with Crippen LogP contribution in [0.3, 0.4) is 0 Å². The lowest BCUT2D eigenvalue weighted by Gasteiger charge is -2.00. The van der Waals surface area contributed by atoms with Crippen LogP contribution in [0, 0.1) is 0 Å². The summed E-state index contributed by atoms with van der Waals surface area (Å²) in [5.41, 5.74) is 12.7. The molecular weight excluding hydrogens is 218 g/mol. The number of nitrogens with zero attached hydrogens (tertiary/aromatic N) is 5. The lowest BCUT2D eigenvalue weighted by atomic mass is 10.2. The van der Waals surface area contributed by atoms with Crippen LogP contribution in [0.2, 0.25) is 0 Å². The van der Waals surface area contributed by atoms with E-state index in [2.05, 4.69) is 20.1 Å². The zero-order valence-corrected chi connectivity index (χ0v) is 8.78. The van der Waals surface area contributed by atoms with Crippen LogP contribution in [-0.2, 0) is 0 Å². The Morgan fingerprint density at radius 3 is 2.53 bits per heavy atom. The number of anilines is 2. The Balaban J connectivity index is 2.27. The minimum atomic E-state index is 0.0998. The number of nitrogens with two attached hydrogens (primary N) is 2. The smallest absolute Gasteiger partial charge is 0.225 e. The predicted octanol–water partition coefficient (Wildman–Crippen LogP) is 0.351. The largest absolute Gasteiger partial charge is 0.368 e. The third-order valence-corrected chi connectivity index (χ3v) is 2.34. The van der Waals surface area contributed by atoms with Crippen LogP contribution in [-0.4, -0.2) is 24.6 Å². The van der Waals surface area contributed by atoms with E-state index in [-0.39, 0.29) is 11.9 Å². The molecule has 0 aliphatic carbocycles. The van der Waals surface area contributed by atoms with Gasteiger partial charge in [-0.05, 0) is 12.1 Å². The maximum Gasteiger partial charge on any atom is 0.225 e. The average molecular weight is 227 g/mol. The zero-order chi connectivity index (χ0) is 11.8. The van der Waals surface area contributed by atoms with Crippen LogP contribution in [0.25, 0.3) is 16.9 Å². The lowest BCUT2D eigenvalue weighted by molar-refractivity contribution is 0.961. The molecule has 84 valence electrons. The summed E-state index contributed by atoms with van der Waals surface area (Å²) in [6.45, 7) is 0. The van der Waals surface area contributed by atoms with Crippen molar-refractivity contribution in [3.8, 4) is 11.4 Å². The van der Waals surface area contributed by atoms with Crippen molar-refractivity contribution in [1.29, 1.82) is 0 Å². The van der Waals surface area contributed by atoms with Gasteiger partial charge >= 0.3 is 0 Å². The van der Waals surface area contributed by atoms with E-state index in [1.807, 2.05) is 24.4 Å². The fraction of sp³-hybridized carbons (Fsp3) is 0.